The van der Waals surface area contributed by atoms with E-state index in [-0.39, 0.29) is 5.91 Å². The molecule has 0 aliphatic carbocycles. The van der Waals surface area contributed by atoms with Crippen LogP contribution < -0.4 is 0 Å². The summed E-state index contributed by atoms with van der Waals surface area (Å²) in [5, 5.41) is 0.418. The number of hydrogen-bond acceptors (Lipinski definition) is 2. The number of nitrogens with zero attached hydrogens (tertiary/aromatic N) is 1. The molecule has 12 heavy (non-hydrogen) atoms. The quantitative estimate of drug-likeness (QED) is 0.670. The Hall–Kier alpha value is -0.0900. The van der Waals surface area contributed by atoms with E-state index in [1.807, 2.05) is 11.9 Å². The summed E-state index contributed by atoms with van der Waals surface area (Å²) in [7, 11) is 1.86. The summed E-state index contributed by atoms with van der Waals surface area (Å²) in [6.45, 7) is 1.56. The lowest BCUT2D eigenvalue weighted by Crippen LogP contribution is -2.41. The molecule has 1 rings (SSSR count). The van der Waals surface area contributed by atoms with E-state index in [1.54, 1.807) is 0 Å². The fourth-order valence-corrected chi connectivity index (χ4v) is 1.77. The van der Waals surface area contributed by atoms with E-state index >= 15 is 0 Å². The molecule has 70 valence electrons. The van der Waals surface area contributed by atoms with Gasteiger partial charge >= 0.3 is 0 Å². The van der Waals surface area contributed by atoms with Crippen molar-refractivity contribution < 1.29 is 9.53 Å². The van der Waals surface area contributed by atoms with Gasteiger partial charge in [0.1, 0.15) is 0 Å². The van der Waals surface area contributed by atoms with Gasteiger partial charge in [-0.05, 0) is 12.8 Å². The summed E-state index contributed by atoms with van der Waals surface area (Å²) in [6.07, 6.45) is 1.94. The van der Waals surface area contributed by atoms with Crippen LogP contribution in [-0.4, -0.2) is 42.4 Å². The third-order valence-electron chi connectivity index (χ3n) is 2.25. The van der Waals surface area contributed by atoms with Gasteiger partial charge in [0.15, 0.2) is 0 Å². The van der Waals surface area contributed by atoms with E-state index in [9.17, 15) is 4.79 Å². The Labute approximate surface area is 81.2 Å². The second kappa shape index (κ2) is 4.82. The number of rotatable bonds is 2. The molecule has 3 nitrogen and oxygen atoms in total. The lowest BCUT2D eigenvalue weighted by molar-refractivity contribution is -0.130. The number of carbonyl (C=O) groups is 1. The van der Waals surface area contributed by atoms with E-state index in [0.29, 0.717) is 11.4 Å². The largest absolute Gasteiger partial charge is 0.381 e. The first-order chi connectivity index (χ1) is 5.75. The highest BCUT2D eigenvalue weighted by molar-refractivity contribution is 9.09. The molecule has 1 saturated heterocycles. The van der Waals surface area contributed by atoms with Crippen molar-refractivity contribution >= 4 is 21.8 Å². The molecule has 0 aromatic carbocycles. The van der Waals surface area contributed by atoms with Gasteiger partial charge < -0.3 is 9.64 Å². The lowest BCUT2D eigenvalue weighted by Gasteiger charge is -2.30. The Bertz CT molecular complexity index is 157. The van der Waals surface area contributed by atoms with Crippen molar-refractivity contribution in [2.75, 3.05) is 25.6 Å². The topological polar surface area (TPSA) is 29.5 Å². The number of hydrogen-bond donors (Lipinski definition) is 0. The third-order valence-corrected chi connectivity index (χ3v) is 2.73. The maximum absolute atomic E-state index is 11.2. The van der Waals surface area contributed by atoms with E-state index in [0.717, 1.165) is 26.1 Å². The Morgan fingerprint density at radius 1 is 1.58 bits per heavy atom. The minimum Gasteiger partial charge on any atom is -0.381 e. The van der Waals surface area contributed by atoms with Crippen LogP contribution in [0.15, 0.2) is 0 Å². The van der Waals surface area contributed by atoms with Crippen LogP contribution in [0.5, 0.6) is 0 Å². The van der Waals surface area contributed by atoms with Gasteiger partial charge in [-0.1, -0.05) is 15.9 Å². The van der Waals surface area contributed by atoms with Gasteiger partial charge in [-0.2, -0.15) is 0 Å². The molecule has 1 heterocycles. The van der Waals surface area contributed by atoms with E-state index in [1.165, 1.54) is 0 Å². The van der Waals surface area contributed by atoms with Crippen LogP contribution in [0.1, 0.15) is 12.8 Å². The number of alkyl halides is 1. The van der Waals surface area contributed by atoms with Gasteiger partial charge in [0.2, 0.25) is 5.91 Å². The van der Waals surface area contributed by atoms with Gasteiger partial charge in [-0.25, -0.2) is 0 Å². The average molecular weight is 236 g/mol. The Morgan fingerprint density at radius 3 is 2.67 bits per heavy atom. The van der Waals surface area contributed by atoms with E-state index in [2.05, 4.69) is 15.9 Å². The molecule has 0 N–H and O–H groups in total. The predicted molar refractivity (Wildman–Crippen MR) is 50.4 cm³/mol. The monoisotopic (exact) mass is 235 g/mol. The second-order valence-electron chi connectivity index (χ2n) is 2.98. The summed E-state index contributed by atoms with van der Waals surface area (Å²) >= 11 is 3.16. The summed E-state index contributed by atoms with van der Waals surface area (Å²) in [6, 6.07) is 0.379. The third kappa shape index (κ3) is 2.45. The number of ether oxygens (including phenoxy) is 1. The molecule has 1 aliphatic heterocycles. The van der Waals surface area contributed by atoms with Crippen LogP contribution in [0.4, 0.5) is 0 Å². The van der Waals surface area contributed by atoms with Crippen molar-refractivity contribution in [2.45, 2.75) is 18.9 Å². The summed E-state index contributed by atoms with van der Waals surface area (Å²) in [4.78, 5) is 13.1. The number of halogens is 1. The van der Waals surface area contributed by atoms with Crippen molar-refractivity contribution in [1.82, 2.24) is 4.90 Å². The van der Waals surface area contributed by atoms with Gasteiger partial charge in [0.25, 0.3) is 0 Å². The van der Waals surface area contributed by atoms with E-state index < -0.39 is 0 Å². The molecular formula is C8H14BrNO2. The van der Waals surface area contributed by atoms with Crippen molar-refractivity contribution in [1.29, 1.82) is 0 Å². The molecule has 0 unspecified atom stereocenters. The van der Waals surface area contributed by atoms with E-state index in [4.69, 9.17) is 4.74 Å². The maximum Gasteiger partial charge on any atom is 0.233 e. The summed E-state index contributed by atoms with van der Waals surface area (Å²) in [5.41, 5.74) is 0. The molecule has 4 heteroatoms. The lowest BCUT2D eigenvalue weighted by atomic mass is 10.1. The molecule has 1 aliphatic rings. The fraction of sp³-hybridized carbons (Fsp3) is 0.875. The molecule has 0 radical (unpaired) electrons. The molecule has 0 atom stereocenters. The highest BCUT2D eigenvalue weighted by atomic mass is 79.9. The molecule has 0 aromatic heterocycles. The maximum atomic E-state index is 11.2. The summed E-state index contributed by atoms with van der Waals surface area (Å²) < 4.78 is 5.21. The first-order valence-electron chi connectivity index (χ1n) is 4.15. The van der Waals surface area contributed by atoms with Crippen LogP contribution in [0.2, 0.25) is 0 Å². The zero-order valence-corrected chi connectivity index (χ0v) is 8.84. The molecular weight excluding hydrogens is 222 g/mol. The number of carbonyl (C=O) groups excluding carboxylic acids is 1. The molecule has 1 amide bonds. The molecule has 0 aromatic rings. The Kier molecular flexibility index (Phi) is 4.01. The van der Waals surface area contributed by atoms with Crippen molar-refractivity contribution in [3.8, 4) is 0 Å². The minimum absolute atomic E-state index is 0.155. The number of amides is 1. The van der Waals surface area contributed by atoms with Gasteiger partial charge in [0, 0.05) is 26.3 Å². The van der Waals surface area contributed by atoms with Crippen LogP contribution in [0, 0.1) is 0 Å². The fourth-order valence-electron chi connectivity index (χ4n) is 1.37. The normalized spacial score (nSPS) is 19.2. The second-order valence-corrected chi connectivity index (χ2v) is 3.54. The first-order valence-corrected chi connectivity index (χ1v) is 5.27. The molecule has 1 fully saturated rings. The van der Waals surface area contributed by atoms with Gasteiger partial charge in [-0.15, -0.1) is 0 Å². The van der Waals surface area contributed by atoms with Crippen molar-refractivity contribution in [3.05, 3.63) is 0 Å². The minimum atomic E-state index is 0.155. The predicted octanol–water partition coefficient (Wildman–Crippen LogP) is 1.02. The van der Waals surface area contributed by atoms with Crippen LogP contribution in [0.25, 0.3) is 0 Å². The van der Waals surface area contributed by atoms with Crippen LogP contribution >= 0.6 is 15.9 Å². The Morgan fingerprint density at radius 2 is 2.17 bits per heavy atom. The average Bonchev–Trinajstić information content (AvgIpc) is 2.17. The van der Waals surface area contributed by atoms with Crippen molar-refractivity contribution in [2.24, 2.45) is 0 Å². The van der Waals surface area contributed by atoms with Crippen LogP contribution in [-0.2, 0) is 9.53 Å². The zero-order valence-electron chi connectivity index (χ0n) is 7.25. The van der Waals surface area contributed by atoms with Crippen LogP contribution in [0.3, 0.4) is 0 Å². The molecule has 0 bridgehead atoms. The van der Waals surface area contributed by atoms with Gasteiger partial charge in [-0.3, -0.25) is 4.79 Å². The Balaban J connectivity index is 2.39. The highest BCUT2D eigenvalue weighted by Crippen LogP contribution is 2.13. The smallest absolute Gasteiger partial charge is 0.233 e. The summed E-state index contributed by atoms with van der Waals surface area (Å²) in [5.74, 6) is 0.155. The first kappa shape index (κ1) is 9.99. The van der Waals surface area contributed by atoms with Crippen molar-refractivity contribution in [3.63, 3.8) is 0 Å². The molecule has 0 spiro atoms. The standard InChI is InChI=1S/C8H14BrNO2/c1-10(8(11)6-9)7-2-4-12-5-3-7/h7H,2-6H2,1H3. The zero-order chi connectivity index (χ0) is 8.97. The SMILES string of the molecule is CN(C(=O)CBr)C1CCOCC1. The highest BCUT2D eigenvalue weighted by Gasteiger charge is 2.21. The molecule has 0 saturated carbocycles. The van der Waals surface area contributed by atoms with Gasteiger partial charge in [0.05, 0.1) is 5.33 Å².